The minimum Gasteiger partial charge on any atom is -0.444 e. The number of anilines is 1. The summed E-state index contributed by atoms with van der Waals surface area (Å²) in [6.45, 7) is 15.7. The van der Waals surface area contributed by atoms with E-state index in [1.54, 1.807) is 6.92 Å². The number of rotatable bonds is 3. The predicted octanol–water partition coefficient (Wildman–Crippen LogP) is 3.78. The first kappa shape index (κ1) is 22.5. The lowest BCUT2D eigenvalue weighted by atomic mass is 9.60. The van der Waals surface area contributed by atoms with E-state index in [4.69, 9.17) is 9.84 Å². The van der Waals surface area contributed by atoms with Gasteiger partial charge >= 0.3 is 6.09 Å². The second kappa shape index (κ2) is 7.37. The average Bonchev–Trinajstić information content (AvgIpc) is 3.37. The Morgan fingerprint density at radius 3 is 2.27 bits per heavy atom. The van der Waals surface area contributed by atoms with Crippen molar-refractivity contribution in [2.75, 3.05) is 37.6 Å². The molecule has 1 aromatic heterocycles. The minimum absolute atomic E-state index is 0.146. The van der Waals surface area contributed by atoms with Crippen LogP contribution in [0.25, 0.3) is 0 Å². The van der Waals surface area contributed by atoms with Gasteiger partial charge in [0.05, 0.1) is 11.6 Å². The monoisotopic (exact) mass is 457 g/mol. The van der Waals surface area contributed by atoms with Gasteiger partial charge in [-0.2, -0.15) is 5.10 Å². The van der Waals surface area contributed by atoms with Crippen molar-refractivity contribution in [2.45, 2.75) is 90.3 Å². The van der Waals surface area contributed by atoms with Crippen LogP contribution in [-0.4, -0.2) is 75.4 Å². The summed E-state index contributed by atoms with van der Waals surface area (Å²) in [4.78, 5) is 30.4. The first-order valence-electron chi connectivity index (χ1n) is 12.5. The Labute approximate surface area is 197 Å². The van der Waals surface area contributed by atoms with Crippen molar-refractivity contribution in [1.82, 2.24) is 19.6 Å². The number of carbonyl (C=O) groups is 2. The zero-order chi connectivity index (χ0) is 23.8. The second-order valence-corrected chi connectivity index (χ2v) is 12.4. The lowest BCUT2D eigenvalue weighted by Crippen LogP contribution is -2.64. The highest BCUT2D eigenvalue weighted by Crippen LogP contribution is 2.56. The van der Waals surface area contributed by atoms with Gasteiger partial charge in [-0.1, -0.05) is 0 Å². The molecule has 2 saturated carbocycles. The fourth-order valence-corrected chi connectivity index (χ4v) is 5.94. The molecule has 4 fully saturated rings. The Hall–Kier alpha value is -2.25. The number of piperazine rings is 1. The van der Waals surface area contributed by atoms with Crippen LogP contribution in [0.4, 0.5) is 10.6 Å². The largest absolute Gasteiger partial charge is 0.444 e. The van der Waals surface area contributed by atoms with E-state index in [0.29, 0.717) is 12.0 Å². The first-order chi connectivity index (χ1) is 15.4. The van der Waals surface area contributed by atoms with Crippen molar-refractivity contribution in [1.29, 1.82) is 0 Å². The van der Waals surface area contributed by atoms with Gasteiger partial charge in [0.25, 0.3) is 0 Å². The Kier molecular flexibility index (Phi) is 5.04. The minimum atomic E-state index is -0.448. The maximum atomic E-state index is 12.3. The Morgan fingerprint density at radius 2 is 1.73 bits per heavy atom. The number of amides is 2. The van der Waals surface area contributed by atoms with Crippen LogP contribution in [-0.2, 0) is 9.53 Å². The Morgan fingerprint density at radius 1 is 1.06 bits per heavy atom. The quantitative estimate of drug-likeness (QED) is 0.691. The SMILES string of the molecule is CC(=O)N1CCN(c2cc(C3CC3)n(C3CC4(C3)CN(C(=O)OC(C)(C)C)C4)n2)C(C)(C)C1. The summed E-state index contributed by atoms with van der Waals surface area (Å²) in [5.74, 6) is 1.83. The number of ether oxygens (including phenoxy) is 1. The smallest absolute Gasteiger partial charge is 0.410 e. The summed E-state index contributed by atoms with van der Waals surface area (Å²) in [6, 6.07) is 2.72. The average molecular weight is 458 g/mol. The summed E-state index contributed by atoms with van der Waals surface area (Å²) in [5, 5.41) is 5.14. The molecule has 33 heavy (non-hydrogen) atoms. The summed E-state index contributed by atoms with van der Waals surface area (Å²) < 4.78 is 7.83. The lowest BCUT2D eigenvalue weighted by Gasteiger charge is -2.58. The molecule has 0 atom stereocenters. The third-order valence-electron chi connectivity index (χ3n) is 7.76. The molecule has 2 saturated heterocycles. The van der Waals surface area contributed by atoms with Gasteiger partial charge in [-0.05, 0) is 60.3 Å². The number of carbonyl (C=O) groups excluding carboxylic acids is 2. The number of likely N-dealkylation sites (tertiary alicyclic amines) is 1. The van der Waals surface area contributed by atoms with Crippen molar-refractivity contribution < 1.29 is 14.3 Å². The van der Waals surface area contributed by atoms with Crippen molar-refractivity contribution in [3.63, 3.8) is 0 Å². The molecular weight excluding hydrogens is 418 g/mol. The van der Waals surface area contributed by atoms with E-state index in [1.165, 1.54) is 18.5 Å². The van der Waals surface area contributed by atoms with Gasteiger partial charge in [0, 0.05) is 62.7 Å². The molecule has 182 valence electrons. The van der Waals surface area contributed by atoms with Crippen LogP contribution in [0.3, 0.4) is 0 Å². The molecule has 3 heterocycles. The Balaban J connectivity index is 1.26. The van der Waals surface area contributed by atoms with Crippen LogP contribution in [0.5, 0.6) is 0 Å². The molecule has 8 nitrogen and oxygen atoms in total. The van der Waals surface area contributed by atoms with Crippen LogP contribution in [0.15, 0.2) is 6.07 Å². The van der Waals surface area contributed by atoms with Crippen LogP contribution in [0.1, 0.15) is 84.9 Å². The molecule has 0 radical (unpaired) electrons. The summed E-state index contributed by atoms with van der Waals surface area (Å²) in [6.07, 6.45) is 4.46. The molecule has 4 aliphatic rings. The van der Waals surface area contributed by atoms with Crippen LogP contribution >= 0.6 is 0 Å². The molecule has 2 aliphatic carbocycles. The fraction of sp³-hybridized carbons (Fsp3) is 0.800. The van der Waals surface area contributed by atoms with Crippen molar-refractivity contribution >= 4 is 17.8 Å². The van der Waals surface area contributed by atoms with E-state index in [2.05, 4.69) is 29.5 Å². The van der Waals surface area contributed by atoms with Gasteiger partial charge in [0.15, 0.2) is 5.82 Å². The molecule has 8 heteroatoms. The van der Waals surface area contributed by atoms with Crippen molar-refractivity contribution in [2.24, 2.45) is 5.41 Å². The zero-order valence-electron chi connectivity index (χ0n) is 21.1. The van der Waals surface area contributed by atoms with E-state index in [9.17, 15) is 9.59 Å². The highest BCUT2D eigenvalue weighted by molar-refractivity contribution is 5.74. The number of nitrogens with zero attached hydrogens (tertiary/aromatic N) is 5. The Bertz CT molecular complexity index is 944. The highest BCUT2D eigenvalue weighted by atomic mass is 16.6. The van der Waals surface area contributed by atoms with Crippen molar-refractivity contribution in [3.05, 3.63) is 11.8 Å². The molecule has 1 aromatic rings. The van der Waals surface area contributed by atoms with Crippen molar-refractivity contribution in [3.8, 4) is 0 Å². The van der Waals surface area contributed by atoms with Gasteiger partial charge in [-0.3, -0.25) is 9.48 Å². The molecule has 0 N–H and O–H groups in total. The molecule has 0 bridgehead atoms. The fourth-order valence-electron chi connectivity index (χ4n) is 5.94. The zero-order valence-corrected chi connectivity index (χ0v) is 21.1. The molecule has 0 aromatic carbocycles. The van der Waals surface area contributed by atoms with Crippen LogP contribution in [0.2, 0.25) is 0 Å². The van der Waals surface area contributed by atoms with E-state index < -0.39 is 5.60 Å². The van der Waals surface area contributed by atoms with Gasteiger partial charge < -0.3 is 19.4 Å². The molecule has 2 amide bonds. The van der Waals surface area contributed by atoms with Gasteiger partial charge in [0.1, 0.15) is 5.60 Å². The first-order valence-corrected chi connectivity index (χ1v) is 12.5. The lowest BCUT2D eigenvalue weighted by molar-refractivity contribution is -0.130. The van der Waals surface area contributed by atoms with E-state index in [0.717, 1.165) is 51.4 Å². The predicted molar refractivity (Wildman–Crippen MR) is 126 cm³/mol. The van der Waals surface area contributed by atoms with Crippen LogP contribution < -0.4 is 4.90 Å². The third-order valence-corrected chi connectivity index (χ3v) is 7.76. The normalized spacial score (nSPS) is 24.5. The van der Waals surface area contributed by atoms with Gasteiger partial charge in [-0.15, -0.1) is 0 Å². The summed E-state index contributed by atoms with van der Waals surface area (Å²) in [7, 11) is 0. The molecule has 0 unspecified atom stereocenters. The van der Waals surface area contributed by atoms with Crippen LogP contribution in [0, 0.1) is 5.41 Å². The third kappa shape index (κ3) is 4.21. The van der Waals surface area contributed by atoms with E-state index in [-0.39, 0.29) is 23.0 Å². The number of hydrogen-bond acceptors (Lipinski definition) is 5. The number of aromatic nitrogens is 2. The van der Waals surface area contributed by atoms with E-state index >= 15 is 0 Å². The molecule has 2 aliphatic heterocycles. The highest BCUT2D eigenvalue weighted by Gasteiger charge is 2.56. The van der Waals surface area contributed by atoms with Gasteiger partial charge in [0.2, 0.25) is 5.91 Å². The summed E-state index contributed by atoms with van der Waals surface area (Å²) in [5.41, 5.74) is 1.02. The second-order valence-electron chi connectivity index (χ2n) is 12.4. The topological polar surface area (TPSA) is 70.9 Å². The molecule has 1 spiro atoms. The molecular formula is C25H39N5O3. The maximum absolute atomic E-state index is 12.3. The maximum Gasteiger partial charge on any atom is 0.410 e. The van der Waals surface area contributed by atoms with Gasteiger partial charge in [-0.25, -0.2) is 4.79 Å². The molecule has 5 rings (SSSR count). The standard InChI is InChI=1S/C25H39N5O3/c1-17(31)27-9-10-29(24(5,6)14-27)21-11-20(18-7-8-18)30(26-21)19-12-25(13-19)15-28(16-25)22(32)33-23(2,3)4/h11,18-19H,7-10,12-16H2,1-6H3. The van der Waals surface area contributed by atoms with E-state index in [1.807, 2.05) is 30.6 Å². The summed E-state index contributed by atoms with van der Waals surface area (Å²) >= 11 is 0. The number of hydrogen-bond donors (Lipinski definition) is 0.